The molecular weight excluding hydrogens is 648 g/mol. The third-order valence-corrected chi connectivity index (χ3v) is 9.20. The number of rotatable bonds is 10. The van der Waals surface area contributed by atoms with Gasteiger partial charge in [0.15, 0.2) is 11.9 Å². The van der Waals surface area contributed by atoms with E-state index >= 15 is 0 Å². The van der Waals surface area contributed by atoms with Crippen LogP contribution in [0, 0.1) is 0 Å². The van der Waals surface area contributed by atoms with Gasteiger partial charge in [-0.25, -0.2) is 9.78 Å². The number of hydrogen-bond donors (Lipinski definition) is 3. The molecule has 2 atom stereocenters. The number of methoxy groups -OCH3 is 1. The van der Waals surface area contributed by atoms with Crippen LogP contribution in [0.5, 0.6) is 5.75 Å². The zero-order chi connectivity index (χ0) is 36.6. The lowest BCUT2D eigenvalue weighted by Crippen LogP contribution is -2.53. The molecule has 0 spiro atoms. The van der Waals surface area contributed by atoms with E-state index in [0.717, 1.165) is 30.0 Å². The number of nitrogens with zero attached hydrogens (tertiary/aromatic N) is 5. The summed E-state index contributed by atoms with van der Waals surface area (Å²) >= 11 is 0. The summed E-state index contributed by atoms with van der Waals surface area (Å²) in [5.41, 5.74) is 0.938. The predicted molar refractivity (Wildman–Crippen MR) is 193 cm³/mol. The molecule has 1 aliphatic carbocycles. The molecule has 51 heavy (non-hydrogen) atoms. The number of likely N-dealkylation sites (tertiary alicyclic amines) is 1. The Hall–Kier alpha value is -5.14. The predicted octanol–water partition coefficient (Wildman–Crippen LogP) is 4.69. The van der Waals surface area contributed by atoms with Crippen molar-refractivity contribution in [1.82, 2.24) is 35.1 Å². The number of aldehydes is 1. The summed E-state index contributed by atoms with van der Waals surface area (Å²) in [5, 5.41) is 17.2. The van der Waals surface area contributed by atoms with Gasteiger partial charge in [-0.3, -0.25) is 24.2 Å². The number of pyridine rings is 2. The summed E-state index contributed by atoms with van der Waals surface area (Å²) in [6.07, 6.45) is 5.64. The molecule has 4 aromatic rings. The first-order chi connectivity index (χ1) is 24.2. The molecule has 6 rings (SSSR count). The molecule has 4 heterocycles. The fourth-order valence-electron chi connectivity index (χ4n) is 6.25. The maximum absolute atomic E-state index is 13.6. The van der Waals surface area contributed by atoms with Gasteiger partial charge in [0.05, 0.1) is 12.3 Å². The topological polar surface area (TPSA) is 152 Å². The van der Waals surface area contributed by atoms with E-state index in [1.54, 1.807) is 37.5 Å². The van der Waals surface area contributed by atoms with Crippen LogP contribution in [0.25, 0.3) is 5.65 Å². The second kappa shape index (κ2) is 13.9. The quantitative estimate of drug-likeness (QED) is 0.159. The number of ether oxygens (including phenoxy) is 2. The number of amides is 3. The Labute approximate surface area is 297 Å². The van der Waals surface area contributed by atoms with E-state index in [1.165, 1.54) is 0 Å². The summed E-state index contributed by atoms with van der Waals surface area (Å²) < 4.78 is 13.7. The third kappa shape index (κ3) is 7.64. The van der Waals surface area contributed by atoms with E-state index in [9.17, 15) is 14.4 Å². The zero-order valence-electron chi connectivity index (χ0n) is 30.2. The number of aromatic nitrogens is 4. The van der Waals surface area contributed by atoms with Crippen molar-refractivity contribution in [2.75, 3.05) is 38.6 Å². The number of hydrogen-bond acceptors (Lipinski definition) is 9. The number of anilines is 1. The SMILES string of the molecule is COC1CN(CCNC(=O)c2cc(C(C)(C)C)cc(NC(=O)N[C@@]3(C=O)C=C[C@@H](Oc4ccc5nnc(C(C)(C)C)n5c4)c4ccccc43)n2)C1. The number of nitrogens with one attached hydrogen (secondary N) is 3. The van der Waals surface area contributed by atoms with E-state index in [4.69, 9.17) is 9.47 Å². The molecule has 1 fully saturated rings. The molecular formula is C38H46N8O5. The number of benzene rings is 1. The molecule has 13 heteroatoms. The van der Waals surface area contributed by atoms with Crippen molar-refractivity contribution in [2.45, 2.75) is 70.1 Å². The fourth-order valence-corrected chi connectivity index (χ4v) is 6.25. The summed E-state index contributed by atoms with van der Waals surface area (Å²) in [5.74, 6) is 1.23. The Morgan fingerprint density at radius 3 is 2.49 bits per heavy atom. The maximum Gasteiger partial charge on any atom is 0.321 e. The highest BCUT2D eigenvalue weighted by Crippen LogP contribution is 2.37. The standard InChI is InChI=1S/C38H46N8O5/c1-36(2,3)24-18-29(33(48)39-16-17-45-20-26(21-45)50-7)40-31(19-24)41-35(49)42-38(23-47)15-14-30(27-10-8-9-11-28(27)38)51-25-12-13-32-43-44-34(37(4,5)6)46(32)22-25/h8-15,18-19,22-23,26,30H,16-17,20-21H2,1-7H3,(H,39,48)(H2,40,41,42,49)/t30-,38-/m1/s1. The van der Waals surface area contributed by atoms with Crippen LogP contribution < -0.4 is 20.7 Å². The smallest absolute Gasteiger partial charge is 0.321 e. The van der Waals surface area contributed by atoms with Gasteiger partial charge in [-0.15, -0.1) is 10.2 Å². The fraction of sp³-hybridized carbons (Fsp3) is 0.421. The van der Waals surface area contributed by atoms with Gasteiger partial charge in [-0.05, 0) is 53.0 Å². The highest BCUT2D eigenvalue weighted by atomic mass is 16.5. The van der Waals surface area contributed by atoms with Crippen LogP contribution in [-0.2, 0) is 25.9 Å². The minimum atomic E-state index is -1.49. The first-order valence-electron chi connectivity index (χ1n) is 17.1. The molecule has 268 valence electrons. The molecule has 0 bridgehead atoms. The highest BCUT2D eigenvalue weighted by molar-refractivity contribution is 5.95. The summed E-state index contributed by atoms with van der Waals surface area (Å²) in [6, 6.07) is 13.8. The van der Waals surface area contributed by atoms with Gasteiger partial charge in [-0.2, -0.15) is 0 Å². The van der Waals surface area contributed by atoms with Crippen molar-refractivity contribution < 1.29 is 23.9 Å². The van der Waals surface area contributed by atoms with Crippen LogP contribution in [0.3, 0.4) is 0 Å². The minimum absolute atomic E-state index is 0.184. The Kier molecular flexibility index (Phi) is 9.71. The average molecular weight is 695 g/mol. The average Bonchev–Trinajstić information content (AvgIpc) is 3.50. The molecule has 1 saturated heterocycles. The van der Waals surface area contributed by atoms with Crippen molar-refractivity contribution in [3.63, 3.8) is 0 Å². The molecule has 0 saturated carbocycles. The van der Waals surface area contributed by atoms with E-state index in [-0.39, 0.29) is 34.4 Å². The second-order valence-corrected chi connectivity index (χ2v) is 15.2. The minimum Gasteiger partial charge on any atom is -0.480 e. The van der Waals surface area contributed by atoms with Crippen molar-refractivity contribution in [3.8, 4) is 5.75 Å². The summed E-state index contributed by atoms with van der Waals surface area (Å²) in [4.78, 5) is 46.3. The Morgan fingerprint density at radius 1 is 1.02 bits per heavy atom. The molecule has 3 N–H and O–H groups in total. The normalized spacial score (nSPS) is 19.2. The van der Waals surface area contributed by atoms with Crippen LogP contribution >= 0.6 is 0 Å². The first-order valence-corrected chi connectivity index (χ1v) is 17.1. The number of carbonyl (C=O) groups is 3. The first kappa shape index (κ1) is 35.7. The monoisotopic (exact) mass is 694 g/mol. The molecule has 3 aromatic heterocycles. The maximum atomic E-state index is 13.6. The van der Waals surface area contributed by atoms with Gasteiger partial charge in [0.1, 0.15) is 34.7 Å². The largest absolute Gasteiger partial charge is 0.480 e. The van der Waals surface area contributed by atoms with Crippen LogP contribution in [0.2, 0.25) is 0 Å². The number of fused-ring (bicyclic) bond motifs is 2. The molecule has 1 aliphatic heterocycles. The van der Waals surface area contributed by atoms with E-state index in [0.29, 0.717) is 36.3 Å². The molecule has 0 unspecified atom stereocenters. The van der Waals surface area contributed by atoms with Gasteiger partial charge < -0.3 is 20.1 Å². The third-order valence-electron chi connectivity index (χ3n) is 9.20. The van der Waals surface area contributed by atoms with E-state index in [1.807, 2.05) is 61.7 Å². The lowest BCUT2D eigenvalue weighted by molar-refractivity contribution is -0.111. The lowest BCUT2D eigenvalue weighted by Gasteiger charge is -2.38. The zero-order valence-corrected chi connectivity index (χ0v) is 30.2. The lowest BCUT2D eigenvalue weighted by atomic mass is 9.81. The van der Waals surface area contributed by atoms with Crippen molar-refractivity contribution >= 4 is 29.7 Å². The molecule has 0 radical (unpaired) electrons. The van der Waals surface area contributed by atoms with Gasteiger partial charge in [-0.1, -0.05) is 65.8 Å². The number of carbonyl (C=O) groups excluding carboxylic acids is 3. The van der Waals surface area contributed by atoms with E-state index < -0.39 is 17.7 Å². The molecule has 3 amide bonds. The van der Waals surface area contributed by atoms with Gasteiger partial charge >= 0.3 is 6.03 Å². The Bertz CT molecular complexity index is 1970. The van der Waals surface area contributed by atoms with Crippen LogP contribution in [0.4, 0.5) is 10.6 Å². The van der Waals surface area contributed by atoms with Crippen molar-refractivity contribution in [1.29, 1.82) is 0 Å². The van der Waals surface area contributed by atoms with Crippen LogP contribution in [0.15, 0.2) is 66.9 Å². The molecule has 13 nitrogen and oxygen atoms in total. The van der Waals surface area contributed by atoms with Gasteiger partial charge in [0.25, 0.3) is 5.91 Å². The number of urea groups is 1. The second-order valence-electron chi connectivity index (χ2n) is 15.2. The van der Waals surface area contributed by atoms with Gasteiger partial charge in [0.2, 0.25) is 0 Å². The Morgan fingerprint density at radius 2 is 1.78 bits per heavy atom. The molecule has 2 aliphatic rings. The van der Waals surface area contributed by atoms with E-state index in [2.05, 4.69) is 56.8 Å². The van der Waals surface area contributed by atoms with Crippen molar-refractivity contribution in [3.05, 3.63) is 95.1 Å². The summed E-state index contributed by atoms with van der Waals surface area (Å²) in [7, 11) is 1.70. The highest BCUT2D eigenvalue weighted by Gasteiger charge is 2.38. The summed E-state index contributed by atoms with van der Waals surface area (Å²) in [6.45, 7) is 15.1. The van der Waals surface area contributed by atoms with Crippen LogP contribution in [-0.4, -0.2) is 82.1 Å². The Balaban J connectivity index is 1.19. The van der Waals surface area contributed by atoms with Crippen molar-refractivity contribution in [2.24, 2.45) is 0 Å². The van der Waals surface area contributed by atoms with Gasteiger partial charge in [0, 0.05) is 44.3 Å². The van der Waals surface area contributed by atoms with Crippen LogP contribution in [0.1, 0.15) is 80.6 Å². The molecule has 1 aromatic carbocycles.